The molecule has 0 aliphatic rings. The molecular weight excluding hydrogens is 360 g/mol. The standard InChI is InChI=1S/C14H16N2O4S2.ClH/c1-3-20-13(17)8-11-9-15-14(21-11)16-22(18,19)12-6-4-10(2)5-7-12;/h4-7,9H,3,8H2,1-2H3,(H,15,16);1H/p-1. The van der Waals surface area contributed by atoms with Gasteiger partial charge >= 0.3 is 5.97 Å². The largest absolute Gasteiger partial charge is 1.00 e. The minimum atomic E-state index is -3.67. The van der Waals surface area contributed by atoms with Gasteiger partial charge in [0, 0.05) is 11.1 Å². The van der Waals surface area contributed by atoms with Crippen LogP contribution in [-0.4, -0.2) is 26.0 Å². The SMILES string of the molecule is CCOC(=O)Cc1cnc(NS(=O)(=O)c2ccc(C)cc2)s1.[Cl-]. The highest BCUT2D eigenvalue weighted by Crippen LogP contribution is 2.22. The fraction of sp³-hybridized carbons (Fsp3) is 0.286. The molecule has 0 saturated carbocycles. The number of ether oxygens (including phenoxy) is 1. The normalized spacial score (nSPS) is 10.7. The first kappa shape index (κ1) is 19.4. The summed E-state index contributed by atoms with van der Waals surface area (Å²) in [6.07, 6.45) is 1.55. The van der Waals surface area contributed by atoms with Gasteiger partial charge in [-0.05, 0) is 26.0 Å². The van der Waals surface area contributed by atoms with E-state index in [1.165, 1.54) is 18.3 Å². The van der Waals surface area contributed by atoms with Crippen molar-refractivity contribution in [2.75, 3.05) is 11.3 Å². The van der Waals surface area contributed by atoms with Crippen molar-refractivity contribution in [3.8, 4) is 0 Å². The summed E-state index contributed by atoms with van der Waals surface area (Å²) in [4.78, 5) is 16.2. The highest BCUT2D eigenvalue weighted by molar-refractivity contribution is 7.93. The van der Waals surface area contributed by atoms with Gasteiger partial charge < -0.3 is 17.1 Å². The lowest BCUT2D eigenvalue weighted by Crippen LogP contribution is -3.00. The number of nitrogens with zero attached hydrogens (tertiary/aromatic N) is 1. The number of thiazole rings is 1. The summed E-state index contributed by atoms with van der Waals surface area (Å²) in [6.45, 7) is 3.92. The molecule has 0 atom stereocenters. The van der Waals surface area contributed by atoms with Crippen LogP contribution in [0.4, 0.5) is 5.13 Å². The molecule has 0 saturated heterocycles. The van der Waals surface area contributed by atoms with Crippen molar-refractivity contribution in [3.05, 3.63) is 40.9 Å². The van der Waals surface area contributed by atoms with Crippen LogP contribution < -0.4 is 17.1 Å². The average Bonchev–Trinajstić information content (AvgIpc) is 2.85. The molecule has 1 aromatic heterocycles. The predicted octanol–water partition coefficient (Wildman–Crippen LogP) is -0.638. The van der Waals surface area contributed by atoms with E-state index in [2.05, 4.69) is 9.71 Å². The highest BCUT2D eigenvalue weighted by Gasteiger charge is 2.16. The first-order valence-electron chi connectivity index (χ1n) is 6.60. The van der Waals surface area contributed by atoms with Crippen LogP contribution in [0.3, 0.4) is 0 Å². The number of hydrogen-bond acceptors (Lipinski definition) is 6. The number of sulfonamides is 1. The van der Waals surface area contributed by atoms with Crippen LogP contribution in [0.2, 0.25) is 0 Å². The zero-order valence-electron chi connectivity index (χ0n) is 12.6. The second-order valence-corrected chi connectivity index (χ2v) is 7.33. The molecule has 0 amide bonds. The van der Waals surface area contributed by atoms with E-state index in [-0.39, 0.29) is 34.8 Å². The van der Waals surface area contributed by atoms with E-state index in [9.17, 15) is 13.2 Å². The number of esters is 1. The molecule has 0 bridgehead atoms. The van der Waals surface area contributed by atoms with Crippen molar-refractivity contribution in [2.45, 2.75) is 25.2 Å². The van der Waals surface area contributed by atoms with Gasteiger partial charge in [0.2, 0.25) is 0 Å². The molecule has 6 nitrogen and oxygen atoms in total. The van der Waals surface area contributed by atoms with Gasteiger partial charge in [0.1, 0.15) is 0 Å². The van der Waals surface area contributed by atoms with E-state index in [0.29, 0.717) is 11.5 Å². The Bertz CT molecular complexity index is 757. The molecule has 0 fully saturated rings. The summed E-state index contributed by atoms with van der Waals surface area (Å²) in [7, 11) is -3.67. The smallest absolute Gasteiger partial charge is 0.311 e. The molecule has 23 heavy (non-hydrogen) atoms. The van der Waals surface area contributed by atoms with E-state index >= 15 is 0 Å². The Morgan fingerprint density at radius 3 is 2.57 bits per heavy atom. The second kappa shape index (κ2) is 8.28. The molecule has 0 unspecified atom stereocenters. The maximum absolute atomic E-state index is 12.2. The first-order chi connectivity index (χ1) is 10.4. The Morgan fingerprint density at radius 1 is 1.30 bits per heavy atom. The lowest BCUT2D eigenvalue weighted by atomic mass is 10.2. The van der Waals surface area contributed by atoms with Crippen LogP contribution in [0, 0.1) is 6.92 Å². The van der Waals surface area contributed by atoms with Crippen LogP contribution in [0.5, 0.6) is 0 Å². The number of hydrogen-bond donors (Lipinski definition) is 1. The molecule has 0 aliphatic carbocycles. The number of aryl methyl sites for hydroxylation is 1. The van der Waals surface area contributed by atoms with Crippen molar-refractivity contribution in [3.63, 3.8) is 0 Å². The van der Waals surface area contributed by atoms with Crippen molar-refractivity contribution in [1.29, 1.82) is 0 Å². The molecule has 2 aromatic rings. The predicted molar refractivity (Wildman–Crippen MR) is 84.4 cm³/mol. The molecule has 2 rings (SSSR count). The Morgan fingerprint density at radius 2 is 1.96 bits per heavy atom. The second-order valence-electron chi connectivity index (χ2n) is 4.53. The molecule has 9 heteroatoms. The number of nitrogens with one attached hydrogen (secondary N) is 1. The molecule has 0 radical (unpaired) electrons. The van der Waals surface area contributed by atoms with Crippen molar-refractivity contribution >= 4 is 32.5 Å². The fourth-order valence-corrected chi connectivity index (χ4v) is 3.72. The Balaban J connectivity index is 0.00000264. The number of anilines is 1. The number of benzene rings is 1. The number of halogens is 1. The number of carbonyl (C=O) groups excluding carboxylic acids is 1. The van der Waals surface area contributed by atoms with Gasteiger partial charge in [-0.25, -0.2) is 13.4 Å². The lowest BCUT2D eigenvalue weighted by Gasteiger charge is -2.05. The summed E-state index contributed by atoms with van der Waals surface area (Å²) in [5.74, 6) is -0.362. The quantitative estimate of drug-likeness (QED) is 0.679. The summed E-state index contributed by atoms with van der Waals surface area (Å²) in [6, 6.07) is 6.51. The van der Waals surface area contributed by atoms with E-state index in [0.717, 1.165) is 16.9 Å². The van der Waals surface area contributed by atoms with Crippen molar-refractivity contribution < 1.29 is 30.4 Å². The number of carbonyl (C=O) groups is 1. The summed E-state index contributed by atoms with van der Waals surface area (Å²) in [5.41, 5.74) is 0.977. The molecule has 1 aromatic carbocycles. The van der Waals surface area contributed by atoms with E-state index in [1.807, 2.05) is 6.92 Å². The molecule has 126 valence electrons. The van der Waals surface area contributed by atoms with Gasteiger partial charge in [-0.1, -0.05) is 17.7 Å². The van der Waals surface area contributed by atoms with Crippen LogP contribution >= 0.6 is 11.3 Å². The van der Waals surface area contributed by atoms with Crippen molar-refractivity contribution in [2.24, 2.45) is 0 Å². The third kappa shape index (κ3) is 5.49. The number of rotatable bonds is 6. The van der Waals surface area contributed by atoms with Gasteiger partial charge in [-0.15, -0.1) is 11.3 Å². The maximum atomic E-state index is 12.2. The third-order valence-electron chi connectivity index (χ3n) is 2.73. The van der Waals surface area contributed by atoms with Crippen LogP contribution in [0.1, 0.15) is 17.4 Å². The highest BCUT2D eigenvalue weighted by atomic mass is 35.5. The molecule has 0 spiro atoms. The third-order valence-corrected chi connectivity index (χ3v) is 5.13. The topological polar surface area (TPSA) is 85.4 Å². The summed E-state index contributed by atoms with van der Waals surface area (Å²) < 4.78 is 31.7. The first-order valence-corrected chi connectivity index (χ1v) is 8.90. The minimum absolute atomic E-state index is 0. The van der Waals surface area contributed by atoms with Gasteiger partial charge in [0.05, 0.1) is 17.9 Å². The van der Waals surface area contributed by atoms with Gasteiger partial charge in [-0.3, -0.25) is 9.52 Å². The fourth-order valence-electron chi connectivity index (χ4n) is 1.68. The maximum Gasteiger partial charge on any atom is 0.311 e. The Hall–Kier alpha value is -1.64. The Kier molecular flexibility index (Phi) is 6.99. The zero-order chi connectivity index (χ0) is 16.2. The van der Waals surface area contributed by atoms with Crippen molar-refractivity contribution in [1.82, 2.24) is 4.98 Å². The summed E-state index contributed by atoms with van der Waals surface area (Å²) in [5, 5.41) is 0.222. The Labute approximate surface area is 145 Å². The van der Waals surface area contributed by atoms with E-state index < -0.39 is 10.0 Å². The summed E-state index contributed by atoms with van der Waals surface area (Å²) >= 11 is 1.11. The average molecular weight is 376 g/mol. The molecule has 1 N–H and O–H groups in total. The van der Waals surface area contributed by atoms with Gasteiger partial charge in [0.15, 0.2) is 5.13 Å². The van der Waals surface area contributed by atoms with E-state index in [1.54, 1.807) is 19.1 Å². The monoisotopic (exact) mass is 375 g/mol. The van der Waals surface area contributed by atoms with Gasteiger partial charge in [-0.2, -0.15) is 0 Å². The molecule has 1 heterocycles. The zero-order valence-corrected chi connectivity index (χ0v) is 15.0. The minimum Gasteiger partial charge on any atom is -1.00 e. The lowest BCUT2D eigenvalue weighted by molar-refractivity contribution is -0.142. The molecule has 0 aliphatic heterocycles. The van der Waals surface area contributed by atoms with Crippen LogP contribution in [0.15, 0.2) is 35.4 Å². The van der Waals surface area contributed by atoms with Crippen LogP contribution in [0.25, 0.3) is 0 Å². The number of aromatic nitrogens is 1. The molecular formula is C14H16ClN2O4S2-. The van der Waals surface area contributed by atoms with Gasteiger partial charge in [0.25, 0.3) is 10.0 Å². The van der Waals surface area contributed by atoms with E-state index in [4.69, 9.17) is 4.74 Å². The van der Waals surface area contributed by atoms with Crippen LogP contribution in [-0.2, 0) is 26.0 Å².